The van der Waals surface area contributed by atoms with E-state index in [4.69, 9.17) is 34.0 Å². The van der Waals surface area contributed by atoms with Crippen molar-refractivity contribution in [2.45, 2.75) is 5.97 Å². The van der Waals surface area contributed by atoms with Crippen molar-refractivity contribution in [1.82, 2.24) is 0 Å². The first-order valence-electron chi connectivity index (χ1n) is 2.06. The normalized spacial score (nSPS) is 12.0. The van der Waals surface area contributed by atoms with Gasteiger partial charge in [0.1, 0.15) is 0 Å². The van der Waals surface area contributed by atoms with Gasteiger partial charge in [0.05, 0.1) is 21.4 Å². The average molecular weight is 194 g/mol. The molecule has 0 fully saturated rings. The van der Waals surface area contributed by atoms with Crippen LogP contribution >= 0.6 is 0 Å². The zero-order chi connectivity index (χ0) is 9.71. The van der Waals surface area contributed by atoms with E-state index < -0.39 is 22.8 Å². The van der Waals surface area contributed by atoms with Gasteiger partial charge in [-0.1, -0.05) is 0 Å². The largest absolute Gasteiger partial charge is 0.343 e. The molecule has 0 saturated heterocycles. The second kappa shape index (κ2) is 4.77. The Balaban J connectivity index is 0. The van der Waals surface area contributed by atoms with Crippen molar-refractivity contribution in [2.75, 3.05) is 6.54 Å². The lowest BCUT2D eigenvalue weighted by Gasteiger charge is -2.07. The highest BCUT2D eigenvalue weighted by atomic mass is 35.7. The lowest BCUT2D eigenvalue weighted by Crippen LogP contribution is -2.58. The van der Waals surface area contributed by atoms with E-state index in [9.17, 15) is 0 Å². The lowest BCUT2D eigenvalue weighted by molar-refractivity contribution is -1.92. The first-order chi connectivity index (χ1) is 4.56. The summed E-state index contributed by atoms with van der Waals surface area (Å²) in [6, 6.07) is 0. The van der Waals surface area contributed by atoms with Crippen molar-refractivity contribution in [2.24, 2.45) is 5.73 Å². The molecule has 0 unspecified atom stereocenters. The van der Waals surface area contributed by atoms with Crippen LogP contribution in [-0.4, -0.2) is 32.5 Å². The van der Waals surface area contributed by atoms with Crippen LogP contribution in [-0.2, 0) is 0 Å². The van der Waals surface area contributed by atoms with Crippen LogP contribution in [0.1, 0.15) is 0 Å². The van der Waals surface area contributed by atoms with Crippen LogP contribution in [0.4, 0.5) is 0 Å². The molecule has 0 aliphatic rings. The molecular formula is C2H8ClNO7. The third-order valence-electron chi connectivity index (χ3n) is 0.274. The van der Waals surface area contributed by atoms with Crippen molar-refractivity contribution in [3.8, 4) is 0 Å². The van der Waals surface area contributed by atoms with E-state index >= 15 is 0 Å². The fourth-order valence-corrected chi connectivity index (χ4v) is 0. The van der Waals surface area contributed by atoms with Crippen molar-refractivity contribution in [3.63, 3.8) is 0 Å². The summed E-state index contributed by atoms with van der Waals surface area (Å²) in [5.41, 5.74) is 4.56. The van der Waals surface area contributed by atoms with Crippen LogP contribution in [0, 0.1) is 10.2 Å². The van der Waals surface area contributed by atoms with Crippen LogP contribution in [0.2, 0.25) is 0 Å². The molecule has 70 valence electrons. The van der Waals surface area contributed by atoms with Gasteiger partial charge in [0, 0.05) is 0 Å². The highest BCUT2D eigenvalue weighted by Crippen LogP contribution is 1.82. The minimum Gasteiger partial charge on any atom is -0.343 e. The van der Waals surface area contributed by atoms with E-state index in [2.05, 4.69) is 5.73 Å². The van der Waals surface area contributed by atoms with Gasteiger partial charge in [-0.15, -0.1) is 0 Å². The van der Waals surface area contributed by atoms with E-state index in [1.807, 2.05) is 0 Å². The van der Waals surface area contributed by atoms with Gasteiger partial charge in [-0.2, -0.15) is 14.0 Å². The predicted octanol–water partition coefficient (Wildman–Crippen LogP) is -6.55. The first-order valence-corrected chi connectivity index (χ1v) is 3.33. The maximum absolute atomic E-state index is 8.60. The second-order valence-corrected chi connectivity index (χ2v) is 2.17. The average Bonchev–Trinajstić information content (AvgIpc) is 1.59. The SMILES string of the molecule is NCC(O)(O)O.[O-][Cl+3]([O-])([O-])O. The molecule has 0 aromatic heterocycles. The van der Waals surface area contributed by atoms with E-state index in [1.165, 1.54) is 0 Å². The maximum Gasteiger partial charge on any atom is 0.288 e. The third kappa shape index (κ3) is 71.8. The first kappa shape index (κ1) is 13.6. The Labute approximate surface area is 63.5 Å². The molecule has 9 heteroatoms. The van der Waals surface area contributed by atoms with Gasteiger partial charge in [-0.25, -0.2) is 0 Å². The van der Waals surface area contributed by atoms with Crippen LogP contribution in [0.15, 0.2) is 0 Å². The Morgan fingerprint density at radius 1 is 1.18 bits per heavy atom. The van der Waals surface area contributed by atoms with Gasteiger partial charge in [-0.05, 0) is 0 Å². The Morgan fingerprint density at radius 2 is 1.27 bits per heavy atom. The Kier molecular flexibility index (Phi) is 5.88. The summed E-state index contributed by atoms with van der Waals surface area (Å²) < 4.78 is 32.7. The fourth-order valence-electron chi connectivity index (χ4n) is 0. The van der Waals surface area contributed by atoms with Gasteiger partial charge >= 0.3 is 0 Å². The Bertz CT molecular complexity index is 87.6. The predicted molar refractivity (Wildman–Crippen MR) is 20.7 cm³/mol. The molecule has 0 amide bonds. The minimum absolute atomic E-state index is 0.562. The van der Waals surface area contributed by atoms with Gasteiger partial charge < -0.3 is 21.1 Å². The lowest BCUT2D eigenvalue weighted by atomic mass is 10.6. The molecule has 0 aliphatic carbocycles. The van der Waals surface area contributed by atoms with Crippen molar-refractivity contribution in [1.29, 1.82) is 0 Å². The van der Waals surface area contributed by atoms with Crippen LogP contribution in [0.3, 0.4) is 0 Å². The monoisotopic (exact) mass is 193 g/mol. The standard InChI is InChI=1S/C2H7NO3.ClHO4/c3-1-2(4,5)6;2-1(3,4)5/h4-6H,1,3H2;(H,2,3,4,5). The molecule has 11 heavy (non-hydrogen) atoms. The number of aliphatic hydroxyl groups is 3. The van der Waals surface area contributed by atoms with Gasteiger partial charge in [0.25, 0.3) is 5.97 Å². The Morgan fingerprint density at radius 3 is 1.27 bits per heavy atom. The van der Waals surface area contributed by atoms with Crippen LogP contribution in [0.25, 0.3) is 0 Å². The molecule has 0 rings (SSSR count). The quantitative estimate of drug-likeness (QED) is 0.255. The summed E-state index contributed by atoms with van der Waals surface area (Å²) in [6.07, 6.45) is 0. The summed E-state index contributed by atoms with van der Waals surface area (Å²) in [5.74, 6) is -2.68. The third-order valence-corrected chi connectivity index (χ3v) is 0.274. The summed E-state index contributed by atoms with van der Waals surface area (Å²) in [4.78, 5) is 0. The Hall–Kier alpha value is -0.0300. The van der Waals surface area contributed by atoms with Gasteiger partial charge in [0.15, 0.2) is 0 Å². The molecule has 0 aromatic carbocycles. The molecule has 0 heterocycles. The molecule has 0 radical (unpaired) electrons. The number of nitrogens with two attached hydrogens (primary N) is 1. The van der Waals surface area contributed by atoms with Crippen molar-refractivity contribution < 1.29 is 44.2 Å². The number of hydrogen-bond donors (Lipinski definition) is 5. The van der Waals surface area contributed by atoms with Crippen LogP contribution < -0.4 is 19.7 Å². The molecule has 0 saturated carbocycles. The molecule has 0 atom stereocenters. The van der Waals surface area contributed by atoms with E-state index in [0.717, 1.165) is 0 Å². The zero-order valence-corrected chi connectivity index (χ0v) is 5.93. The maximum atomic E-state index is 8.60. The smallest absolute Gasteiger partial charge is 0.288 e. The highest BCUT2D eigenvalue weighted by molar-refractivity contribution is 4.41. The minimum atomic E-state index is -4.69. The summed E-state index contributed by atoms with van der Waals surface area (Å²) in [5, 5.41) is 23.4. The topological polar surface area (TPSA) is 176 Å². The molecule has 6 N–H and O–H groups in total. The van der Waals surface area contributed by atoms with Gasteiger partial charge in [0.2, 0.25) is 0 Å². The second-order valence-electron chi connectivity index (χ2n) is 1.37. The van der Waals surface area contributed by atoms with Crippen molar-refractivity contribution >= 4 is 0 Å². The van der Waals surface area contributed by atoms with E-state index in [-0.39, 0.29) is 0 Å². The zero-order valence-electron chi connectivity index (χ0n) is 5.18. The summed E-state index contributed by atoms with van der Waals surface area (Å²) in [6.45, 7) is -0.562. The highest BCUT2D eigenvalue weighted by Gasteiger charge is 2.12. The number of hydrogen-bond acceptors (Lipinski definition) is 8. The van der Waals surface area contributed by atoms with E-state index in [0.29, 0.717) is 0 Å². The number of halogens is 1. The van der Waals surface area contributed by atoms with Gasteiger partial charge in [-0.3, -0.25) is 0 Å². The molecule has 0 aromatic rings. The molecule has 0 aliphatic heterocycles. The fraction of sp³-hybridized carbons (Fsp3) is 1.00. The molecule has 8 nitrogen and oxygen atoms in total. The van der Waals surface area contributed by atoms with Crippen LogP contribution in [0.5, 0.6) is 0 Å². The van der Waals surface area contributed by atoms with Crippen molar-refractivity contribution in [3.05, 3.63) is 0 Å². The molecular weight excluding hydrogens is 185 g/mol. The summed E-state index contributed by atoms with van der Waals surface area (Å²) in [7, 11) is -4.69. The molecule has 0 spiro atoms. The number of rotatable bonds is 1. The molecule has 0 bridgehead atoms. The summed E-state index contributed by atoms with van der Waals surface area (Å²) >= 11 is 0. The van der Waals surface area contributed by atoms with E-state index in [1.54, 1.807) is 0 Å².